The summed E-state index contributed by atoms with van der Waals surface area (Å²) in [5.41, 5.74) is 0. The summed E-state index contributed by atoms with van der Waals surface area (Å²) in [5.74, 6) is 1.15. The van der Waals surface area contributed by atoms with E-state index < -0.39 is 10.0 Å². The molecule has 2 saturated heterocycles. The molecule has 2 heterocycles. The summed E-state index contributed by atoms with van der Waals surface area (Å²) >= 11 is 0. The van der Waals surface area contributed by atoms with Gasteiger partial charge in [-0.2, -0.15) is 0 Å². The Labute approximate surface area is 116 Å². The minimum absolute atomic E-state index is 0.0134. The van der Waals surface area contributed by atoms with Gasteiger partial charge in [-0.15, -0.1) is 0 Å². The summed E-state index contributed by atoms with van der Waals surface area (Å²) in [6, 6.07) is -0.0134. The maximum absolute atomic E-state index is 12.1. The second kappa shape index (κ2) is 7.02. The van der Waals surface area contributed by atoms with Crippen molar-refractivity contribution in [3.05, 3.63) is 0 Å². The van der Waals surface area contributed by atoms with Gasteiger partial charge >= 0.3 is 0 Å². The van der Waals surface area contributed by atoms with Crippen LogP contribution in [-0.2, 0) is 14.8 Å². The third kappa shape index (κ3) is 5.02. The average Bonchev–Trinajstić information content (AvgIpc) is 2.91. The van der Waals surface area contributed by atoms with E-state index in [0.717, 1.165) is 45.4 Å². The lowest BCUT2D eigenvalue weighted by molar-refractivity contribution is 0.180. The van der Waals surface area contributed by atoms with Crippen molar-refractivity contribution in [2.24, 2.45) is 11.8 Å². The monoisotopic (exact) mass is 290 g/mol. The van der Waals surface area contributed by atoms with Gasteiger partial charge in [0.15, 0.2) is 0 Å². The van der Waals surface area contributed by atoms with Crippen LogP contribution in [0.3, 0.4) is 0 Å². The Morgan fingerprint density at radius 3 is 2.68 bits per heavy atom. The number of piperidine rings is 1. The quantitative estimate of drug-likeness (QED) is 0.756. The number of hydrogen-bond donors (Lipinski definition) is 2. The van der Waals surface area contributed by atoms with E-state index in [9.17, 15) is 8.42 Å². The molecule has 19 heavy (non-hydrogen) atoms. The van der Waals surface area contributed by atoms with Gasteiger partial charge in [-0.1, -0.05) is 0 Å². The minimum atomic E-state index is -3.14. The fraction of sp³-hybridized carbons (Fsp3) is 1.00. The highest BCUT2D eigenvalue weighted by Crippen LogP contribution is 2.19. The first-order valence-corrected chi connectivity index (χ1v) is 9.00. The molecule has 112 valence electrons. The van der Waals surface area contributed by atoms with Gasteiger partial charge in [-0.3, -0.25) is 0 Å². The molecular formula is C13H26N2O3S. The van der Waals surface area contributed by atoms with Crippen molar-refractivity contribution in [1.29, 1.82) is 0 Å². The predicted octanol–water partition coefficient (Wildman–Crippen LogP) is 0.721. The summed E-state index contributed by atoms with van der Waals surface area (Å²) in [5, 5.41) is 3.30. The molecular weight excluding hydrogens is 264 g/mol. The van der Waals surface area contributed by atoms with Crippen LogP contribution in [0, 0.1) is 11.8 Å². The normalized spacial score (nSPS) is 27.5. The van der Waals surface area contributed by atoms with E-state index in [-0.39, 0.29) is 11.8 Å². The van der Waals surface area contributed by atoms with Crippen molar-refractivity contribution >= 4 is 10.0 Å². The molecule has 0 spiro atoms. The zero-order valence-corrected chi connectivity index (χ0v) is 12.5. The molecule has 2 N–H and O–H groups in total. The van der Waals surface area contributed by atoms with Crippen LogP contribution in [-0.4, -0.2) is 46.5 Å². The number of ether oxygens (including phenoxy) is 1. The maximum atomic E-state index is 12.1. The summed E-state index contributed by atoms with van der Waals surface area (Å²) < 4.78 is 32.3. The Kier molecular flexibility index (Phi) is 5.62. The minimum Gasteiger partial charge on any atom is -0.381 e. The van der Waals surface area contributed by atoms with Crippen LogP contribution < -0.4 is 10.0 Å². The number of hydrogen-bond acceptors (Lipinski definition) is 4. The van der Waals surface area contributed by atoms with Gasteiger partial charge in [0.2, 0.25) is 10.0 Å². The number of nitrogens with one attached hydrogen (secondary N) is 2. The Hall–Kier alpha value is -0.170. The molecule has 2 rings (SSSR count). The van der Waals surface area contributed by atoms with Gasteiger partial charge in [0.25, 0.3) is 0 Å². The van der Waals surface area contributed by atoms with Crippen molar-refractivity contribution in [2.75, 3.05) is 32.1 Å². The average molecular weight is 290 g/mol. The largest absolute Gasteiger partial charge is 0.381 e. The third-order valence-electron chi connectivity index (χ3n) is 4.29. The highest BCUT2D eigenvalue weighted by molar-refractivity contribution is 7.89. The Morgan fingerprint density at radius 2 is 2.05 bits per heavy atom. The summed E-state index contributed by atoms with van der Waals surface area (Å²) in [6.45, 7) is 5.42. The fourth-order valence-corrected chi connectivity index (χ4v) is 4.40. The van der Waals surface area contributed by atoms with Crippen molar-refractivity contribution < 1.29 is 13.2 Å². The third-order valence-corrected chi connectivity index (χ3v) is 5.80. The molecule has 0 aromatic rings. The molecule has 0 saturated carbocycles. The van der Waals surface area contributed by atoms with E-state index in [0.29, 0.717) is 18.4 Å². The molecule has 2 unspecified atom stereocenters. The Balaban J connectivity index is 1.74. The fourth-order valence-electron chi connectivity index (χ4n) is 2.88. The first-order chi connectivity index (χ1) is 9.07. The smallest absolute Gasteiger partial charge is 0.211 e. The first-order valence-electron chi connectivity index (χ1n) is 7.35. The predicted molar refractivity (Wildman–Crippen MR) is 75.5 cm³/mol. The zero-order chi connectivity index (χ0) is 13.7. The molecule has 0 aliphatic carbocycles. The molecule has 2 atom stereocenters. The van der Waals surface area contributed by atoms with Gasteiger partial charge in [-0.25, -0.2) is 13.1 Å². The Bertz CT molecular complexity index is 360. The standard InChI is InChI=1S/C13H26N2O3S/c1-11(13-4-8-18-10-13)15-19(16,17)9-5-12-2-6-14-7-3-12/h11-15H,2-10H2,1H3. The van der Waals surface area contributed by atoms with E-state index in [1.54, 1.807) is 0 Å². The van der Waals surface area contributed by atoms with Crippen LogP contribution in [0.25, 0.3) is 0 Å². The zero-order valence-electron chi connectivity index (χ0n) is 11.7. The molecule has 2 aliphatic rings. The first kappa shape index (κ1) is 15.2. The van der Waals surface area contributed by atoms with Crippen LogP contribution in [0.1, 0.15) is 32.6 Å². The molecule has 6 heteroatoms. The van der Waals surface area contributed by atoms with E-state index in [2.05, 4.69) is 10.0 Å². The van der Waals surface area contributed by atoms with E-state index in [4.69, 9.17) is 4.74 Å². The second-order valence-electron chi connectivity index (χ2n) is 5.83. The lowest BCUT2D eigenvalue weighted by Gasteiger charge is -2.23. The molecule has 0 aromatic carbocycles. The number of rotatable bonds is 6. The summed E-state index contributed by atoms with van der Waals surface area (Å²) in [4.78, 5) is 0. The van der Waals surface area contributed by atoms with E-state index >= 15 is 0 Å². The SMILES string of the molecule is CC(NS(=O)(=O)CCC1CCNCC1)C1CCOC1. The molecule has 5 nitrogen and oxygen atoms in total. The van der Waals surface area contributed by atoms with Gasteiger partial charge in [-0.05, 0) is 51.6 Å². The van der Waals surface area contributed by atoms with Crippen LogP contribution in [0.4, 0.5) is 0 Å². The molecule has 0 amide bonds. The van der Waals surface area contributed by atoms with Crippen LogP contribution in [0.2, 0.25) is 0 Å². The van der Waals surface area contributed by atoms with Gasteiger partial charge < -0.3 is 10.1 Å². The van der Waals surface area contributed by atoms with E-state index in [1.165, 1.54) is 0 Å². The van der Waals surface area contributed by atoms with Gasteiger partial charge in [0.05, 0.1) is 12.4 Å². The molecule has 0 aromatic heterocycles. The van der Waals surface area contributed by atoms with Gasteiger partial charge in [0.1, 0.15) is 0 Å². The molecule has 0 radical (unpaired) electrons. The Morgan fingerprint density at radius 1 is 1.32 bits per heavy atom. The van der Waals surface area contributed by atoms with Crippen molar-refractivity contribution in [3.63, 3.8) is 0 Å². The van der Waals surface area contributed by atoms with Gasteiger partial charge in [0, 0.05) is 18.6 Å². The molecule has 0 bridgehead atoms. The van der Waals surface area contributed by atoms with Crippen LogP contribution in [0.5, 0.6) is 0 Å². The second-order valence-corrected chi connectivity index (χ2v) is 7.70. The van der Waals surface area contributed by atoms with Crippen LogP contribution in [0.15, 0.2) is 0 Å². The highest BCUT2D eigenvalue weighted by atomic mass is 32.2. The lowest BCUT2D eigenvalue weighted by atomic mass is 9.96. The van der Waals surface area contributed by atoms with Crippen molar-refractivity contribution in [1.82, 2.24) is 10.0 Å². The molecule has 2 aliphatic heterocycles. The summed E-state index contributed by atoms with van der Waals surface area (Å²) in [7, 11) is -3.14. The number of sulfonamides is 1. The van der Waals surface area contributed by atoms with Crippen LogP contribution >= 0.6 is 0 Å². The topological polar surface area (TPSA) is 67.4 Å². The van der Waals surface area contributed by atoms with E-state index in [1.807, 2.05) is 6.92 Å². The van der Waals surface area contributed by atoms with Crippen molar-refractivity contribution in [3.8, 4) is 0 Å². The molecule has 2 fully saturated rings. The lowest BCUT2D eigenvalue weighted by Crippen LogP contribution is -2.40. The maximum Gasteiger partial charge on any atom is 0.211 e. The summed E-state index contributed by atoms with van der Waals surface area (Å²) in [6.07, 6.45) is 3.94. The van der Waals surface area contributed by atoms with Crippen molar-refractivity contribution in [2.45, 2.75) is 38.6 Å². The highest BCUT2D eigenvalue weighted by Gasteiger charge is 2.26.